The number of hydrogen-bond acceptors (Lipinski definition) is 2. The molecule has 0 aliphatic heterocycles. The molecular weight excluding hydrogens is 187 g/mol. The molecule has 0 rings (SSSR count). The molecular formula is C7H8Cl2O2. The summed E-state index contributed by atoms with van der Waals surface area (Å²) < 4.78 is 0. The molecule has 0 unspecified atom stereocenters. The first-order chi connectivity index (χ1) is 4.91. The van der Waals surface area contributed by atoms with Crippen LogP contribution in [0.5, 0.6) is 0 Å². The van der Waals surface area contributed by atoms with Gasteiger partial charge in [0.05, 0.1) is 0 Å². The molecule has 4 heteroatoms. The van der Waals surface area contributed by atoms with Gasteiger partial charge in [-0.1, -0.05) is 13.2 Å². The van der Waals surface area contributed by atoms with Gasteiger partial charge >= 0.3 is 0 Å². The van der Waals surface area contributed by atoms with E-state index >= 15 is 0 Å². The van der Waals surface area contributed by atoms with Gasteiger partial charge in [-0.3, -0.25) is 9.59 Å². The van der Waals surface area contributed by atoms with E-state index in [0.717, 1.165) is 6.08 Å². The summed E-state index contributed by atoms with van der Waals surface area (Å²) in [4.78, 5) is 19.3. The Kier molecular flexibility index (Phi) is 8.89. The summed E-state index contributed by atoms with van der Waals surface area (Å²) in [6.45, 7) is 7.92. The molecule has 0 spiro atoms. The molecule has 11 heavy (non-hydrogen) atoms. The first-order valence-electron chi connectivity index (χ1n) is 2.59. The summed E-state index contributed by atoms with van der Waals surface area (Å²) in [5.41, 5.74) is 0.386. The summed E-state index contributed by atoms with van der Waals surface area (Å²) in [6.07, 6.45) is 1.04. The molecule has 0 saturated heterocycles. The number of rotatable bonds is 2. The predicted octanol–water partition coefficient (Wildman–Crippen LogP) is 2.27. The topological polar surface area (TPSA) is 34.1 Å². The van der Waals surface area contributed by atoms with Gasteiger partial charge in [-0.05, 0) is 36.2 Å². The smallest absolute Gasteiger partial charge is 0.247 e. The minimum absolute atomic E-state index is 0.386. The second-order valence-corrected chi connectivity index (χ2v) is 2.28. The molecule has 0 aliphatic carbocycles. The molecule has 0 aromatic carbocycles. The van der Waals surface area contributed by atoms with Crippen LogP contribution in [0.3, 0.4) is 0 Å². The fourth-order valence-corrected chi connectivity index (χ4v) is 0. The first-order valence-corrected chi connectivity index (χ1v) is 3.34. The van der Waals surface area contributed by atoms with Crippen LogP contribution >= 0.6 is 23.2 Å². The second kappa shape index (κ2) is 7.51. The van der Waals surface area contributed by atoms with Crippen molar-refractivity contribution >= 4 is 33.7 Å². The van der Waals surface area contributed by atoms with E-state index in [1.807, 2.05) is 0 Å². The lowest BCUT2D eigenvalue weighted by Crippen LogP contribution is -1.81. The Hall–Kier alpha value is -0.600. The average Bonchev–Trinajstić information content (AvgIpc) is 1.89. The van der Waals surface area contributed by atoms with Crippen molar-refractivity contribution in [2.75, 3.05) is 0 Å². The molecule has 0 fully saturated rings. The number of carbonyl (C=O) groups excluding carboxylic acids is 2. The average molecular weight is 195 g/mol. The van der Waals surface area contributed by atoms with Crippen LogP contribution in [0, 0.1) is 0 Å². The van der Waals surface area contributed by atoms with Gasteiger partial charge in [0.25, 0.3) is 0 Å². The molecule has 0 saturated carbocycles. The maximum Gasteiger partial charge on any atom is 0.247 e. The largest absolute Gasteiger partial charge is 0.276 e. The minimum atomic E-state index is -0.509. The molecule has 0 atom stereocenters. The summed E-state index contributed by atoms with van der Waals surface area (Å²) in [7, 11) is 0. The molecule has 2 nitrogen and oxygen atoms in total. The van der Waals surface area contributed by atoms with E-state index in [1.165, 1.54) is 0 Å². The van der Waals surface area contributed by atoms with E-state index in [4.69, 9.17) is 23.2 Å². The van der Waals surface area contributed by atoms with Crippen LogP contribution in [0.2, 0.25) is 0 Å². The van der Waals surface area contributed by atoms with E-state index in [9.17, 15) is 9.59 Å². The zero-order valence-corrected chi connectivity index (χ0v) is 7.58. The van der Waals surface area contributed by atoms with Crippen molar-refractivity contribution in [3.63, 3.8) is 0 Å². The molecule has 0 aromatic heterocycles. The highest BCUT2D eigenvalue weighted by molar-refractivity contribution is 6.67. The van der Waals surface area contributed by atoms with Gasteiger partial charge in [-0.15, -0.1) is 0 Å². The quantitative estimate of drug-likeness (QED) is 0.500. The Morgan fingerprint density at radius 2 is 1.55 bits per heavy atom. The zero-order valence-electron chi connectivity index (χ0n) is 6.06. The van der Waals surface area contributed by atoms with Crippen LogP contribution < -0.4 is 0 Å². The number of hydrogen-bond donors (Lipinski definition) is 0. The Balaban J connectivity index is 0. The van der Waals surface area contributed by atoms with Gasteiger partial charge in [0.1, 0.15) is 0 Å². The fraction of sp³-hybridized carbons (Fsp3) is 0.143. The van der Waals surface area contributed by atoms with Crippen LogP contribution in [0.25, 0.3) is 0 Å². The highest BCUT2D eigenvalue weighted by atomic mass is 35.5. The molecule has 0 heterocycles. The summed E-state index contributed by atoms with van der Waals surface area (Å²) in [5, 5.41) is -0.972. The maximum atomic E-state index is 9.81. The van der Waals surface area contributed by atoms with E-state index in [-0.39, 0.29) is 0 Å². The lowest BCUT2D eigenvalue weighted by Gasteiger charge is -1.77. The normalized spacial score (nSPS) is 7.18. The van der Waals surface area contributed by atoms with Gasteiger partial charge < -0.3 is 0 Å². The number of halogens is 2. The van der Waals surface area contributed by atoms with E-state index in [2.05, 4.69) is 13.2 Å². The first kappa shape index (κ1) is 13.0. The minimum Gasteiger partial charge on any atom is -0.276 e. The Bertz CT molecular complexity index is 173. The van der Waals surface area contributed by atoms with Crippen LogP contribution in [-0.4, -0.2) is 10.5 Å². The molecule has 0 bridgehead atoms. The Labute approximate surface area is 75.5 Å². The van der Waals surface area contributed by atoms with Crippen molar-refractivity contribution < 1.29 is 9.59 Å². The summed E-state index contributed by atoms with van der Waals surface area (Å²) in [6, 6.07) is 0. The third kappa shape index (κ3) is 17.7. The van der Waals surface area contributed by atoms with Crippen molar-refractivity contribution in [2.45, 2.75) is 6.92 Å². The molecule has 0 radical (unpaired) electrons. The Morgan fingerprint density at radius 3 is 1.55 bits per heavy atom. The van der Waals surface area contributed by atoms with E-state index in [1.54, 1.807) is 6.92 Å². The maximum absolute atomic E-state index is 9.81. The van der Waals surface area contributed by atoms with E-state index in [0.29, 0.717) is 5.57 Å². The highest BCUT2D eigenvalue weighted by Crippen LogP contribution is 1.91. The monoisotopic (exact) mass is 194 g/mol. The molecule has 0 N–H and O–H groups in total. The van der Waals surface area contributed by atoms with Gasteiger partial charge in [-0.25, -0.2) is 0 Å². The van der Waals surface area contributed by atoms with Crippen molar-refractivity contribution in [1.82, 2.24) is 0 Å². The van der Waals surface area contributed by atoms with Crippen LogP contribution in [-0.2, 0) is 9.59 Å². The molecule has 0 aromatic rings. The second-order valence-electron chi connectivity index (χ2n) is 1.56. The van der Waals surface area contributed by atoms with Crippen LogP contribution in [0.4, 0.5) is 0 Å². The van der Waals surface area contributed by atoms with Gasteiger partial charge in [0.15, 0.2) is 0 Å². The van der Waals surface area contributed by atoms with Gasteiger partial charge in [0, 0.05) is 5.57 Å². The van der Waals surface area contributed by atoms with Gasteiger partial charge in [0.2, 0.25) is 10.5 Å². The molecule has 62 valence electrons. The highest BCUT2D eigenvalue weighted by Gasteiger charge is 1.89. The predicted molar refractivity (Wildman–Crippen MR) is 46.7 cm³/mol. The van der Waals surface area contributed by atoms with Gasteiger partial charge in [-0.2, -0.15) is 0 Å². The Morgan fingerprint density at radius 1 is 1.36 bits per heavy atom. The van der Waals surface area contributed by atoms with Crippen LogP contribution in [0.1, 0.15) is 6.92 Å². The fourth-order valence-electron chi connectivity index (χ4n) is 0. The number of allylic oxidation sites excluding steroid dienone is 2. The third-order valence-corrected chi connectivity index (χ3v) is 0.973. The third-order valence-electron chi connectivity index (χ3n) is 0.496. The lowest BCUT2D eigenvalue weighted by molar-refractivity contribution is -0.108. The van der Waals surface area contributed by atoms with Crippen molar-refractivity contribution in [3.8, 4) is 0 Å². The van der Waals surface area contributed by atoms with E-state index < -0.39 is 10.5 Å². The lowest BCUT2D eigenvalue weighted by atomic mass is 10.4. The standard InChI is InChI=1S/C4H5ClO.C3H3ClO/c1-3(2)4(5)6;1-2-3(4)5/h1H2,2H3;2H,1H2. The SMILES string of the molecule is C=C(C)C(=O)Cl.C=CC(=O)Cl. The summed E-state index contributed by atoms with van der Waals surface area (Å²) >= 11 is 9.58. The number of carbonyl (C=O) groups is 2. The zero-order chi connectivity index (χ0) is 9.44. The van der Waals surface area contributed by atoms with Crippen molar-refractivity contribution in [1.29, 1.82) is 0 Å². The molecule has 0 aliphatic rings. The summed E-state index contributed by atoms with van der Waals surface area (Å²) in [5.74, 6) is 0. The van der Waals surface area contributed by atoms with Crippen LogP contribution in [0.15, 0.2) is 24.8 Å². The van der Waals surface area contributed by atoms with Crippen molar-refractivity contribution in [2.24, 2.45) is 0 Å². The van der Waals surface area contributed by atoms with Crippen molar-refractivity contribution in [3.05, 3.63) is 24.8 Å². The molecule has 0 amide bonds.